The lowest BCUT2D eigenvalue weighted by Gasteiger charge is -2.10. The highest BCUT2D eigenvalue weighted by atomic mass is 19.4. The molecule has 4 nitrogen and oxygen atoms in total. The van der Waals surface area contributed by atoms with Gasteiger partial charge in [0.05, 0.1) is 23.7 Å². The summed E-state index contributed by atoms with van der Waals surface area (Å²) in [5.74, 6) is -0.0360. The van der Waals surface area contributed by atoms with E-state index < -0.39 is 11.7 Å². The van der Waals surface area contributed by atoms with Crippen LogP contribution >= 0.6 is 0 Å². The normalized spacial score (nSPS) is 10.8. The van der Waals surface area contributed by atoms with Crippen molar-refractivity contribution in [1.29, 1.82) is 5.26 Å². The van der Waals surface area contributed by atoms with E-state index in [1.807, 2.05) is 6.07 Å². The molecule has 0 aliphatic heterocycles. The number of nitrogens with one attached hydrogen (secondary N) is 1. The first-order valence-corrected chi connectivity index (χ1v) is 6.98. The number of nitriles is 1. The molecule has 0 aliphatic rings. The van der Waals surface area contributed by atoms with E-state index in [0.29, 0.717) is 11.1 Å². The summed E-state index contributed by atoms with van der Waals surface area (Å²) < 4.78 is 42.5. The van der Waals surface area contributed by atoms with Gasteiger partial charge in [-0.05, 0) is 48.5 Å². The third-order valence-corrected chi connectivity index (χ3v) is 3.11. The van der Waals surface area contributed by atoms with E-state index in [1.54, 1.807) is 0 Å². The predicted octanol–water partition coefficient (Wildman–Crippen LogP) is 3.39. The third kappa shape index (κ3) is 4.74. The van der Waals surface area contributed by atoms with Crippen LogP contribution in [0.3, 0.4) is 0 Å². The van der Waals surface area contributed by atoms with Gasteiger partial charge < -0.3 is 10.1 Å². The van der Waals surface area contributed by atoms with Crippen LogP contribution in [0.5, 0.6) is 5.75 Å². The van der Waals surface area contributed by atoms with Crippen molar-refractivity contribution in [3.63, 3.8) is 0 Å². The molecule has 0 bridgehead atoms. The molecule has 24 heavy (non-hydrogen) atoms. The molecule has 7 heteroatoms. The van der Waals surface area contributed by atoms with Crippen LogP contribution in [-0.2, 0) is 6.18 Å². The molecule has 0 aliphatic carbocycles. The fourth-order valence-electron chi connectivity index (χ4n) is 1.87. The summed E-state index contributed by atoms with van der Waals surface area (Å²) in [6, 6.07) is 12.4. The molecular formula is C17H13F3N2O2. The minimum atomic E-state index is -4.38. The van der Waals surface area contributed by atoms with Crippen LogP contribution in [0.2, 0.25) is 0 Å². The number of carbonyl (C=O) groups excluding carboxylic acids is 1. The highest BCUT2D eigenvalue weighted by Crippen LogP contribution is 2.30. The SMILES string of the molecule is N#Cc1ccc(C(=O)NCCOc2ccc(C(F)(F)F)cc2)cc1. The Labute approximate surface area is 136 Å². The Balaban J connectivity index is 1.78. The van der Waals surface area contributed by atoms with Gasteiger partial charge in [-0.25, -0.2) is 0 Å². The van der Waals surface area contributed by atoms with E-state index in [1.165, 1.54) is 36.4 Å². The van der Waals surface area contributed by atoms with E-state index in [-0.39, 0.29) is 24.8 Å². The van der Waals surface area contributed by atoms with Crippen LogP contribution in [0, 0.1) is 11.3 Å². The Hall–Kier alpha value is -3.01. The van der Waals surface area contributed by atoms with Gasteiger partial charge in [-0.2, -0.15) is 18.4 Å². The highest BCUT2D eigenvalue weighted by molar-refractivity contribution is 5.94. The van der Waals surface area contributed by atoms with Crippen molar-refractivity contribution >= 4 is 5.91 Å². The van der Waals surface area contributed by atoms with Crippen molar-refractivity contribution in [2.45, 2.75) is 6.18 Å². The summed E-state index contributed by atoms with van der Waals surface area (Å²) in [4.78, 5) is 11.8. The Morgan fingerprint density at radius 3 is 2.25 bits per heavy atom. The maximum Gasteiger partial charge on any atom is 0.416 e. The van der Waals surface area contributed by atoms with Crippen LogP contribution in [-0.4, -0.2) is 19.1 Å². The lowest BCUT2D eigenvalue weighted by Crippen LogP contribution is -2.28. The zero-order chi connectivity index (χ0) is 17.6. The molecule has 0 saturated carbocycles. The molecule has 0 radical (unpaired) electrons. The topological polar surface area (TPSA) is 62.1 Å². The lowest BCUT2D eigenvalue weighted by molar-refractivity contribution is -0.137. The molecular weight excluding hydrogens is 321 g/mol. The fourth-order valence-corrected chi connectivity index (χ4v) is 1.87. The number of alkyl halides is 3. The minimum absolute atomic E-state index is 0.118. The monoisotopic (exact) mass is 334 g/mol. The fraction of sp³-hybridized carbons (Fsp3) is 0.176. The maximum absolute atomic E-state index is 12.4. The average molecular weight is 334 g/mol. The van der Waals surface area contributed by atoms with Crippen LogP contribution in [0.25, 0.3) is 0 Å². The Morgan fingerprint density at radius 1 is 1.08 bits per heavy atom. The summed E-state index contributed by atoms with van der Waals surface area (Å²) in [5, 5.41) is 11.3. The van der Waals surface area contributed by atoms with E-state index in [0.717, 1.165) is 12.1 Å². The van der Waals surface area contributed by atoms with Gasteiger partial charge in [-0.15, -0.1) is 0 Å². The molecule has 2 aromatic rings. The first kappa shape index (κ1) is 17.3. The average Bonchev–Trinajstić information content (AvgIpc) is 2.58. The number of ether oxygens (including phenoxy) is 1. The van der Waals surface area contributed by atoms with Gasteiger partial charge in [0.2, 0.25) is 0 Å². The Bertz CT molecular complexity index is 732. The van der Waals surface area contributed by atoms with E-state index >= 15 is 0 Å². The largest absolute Gasteiger partial charge is 0.492 e. The van der Waals surface area contributed by atoms with Crippen molar-refractivity contribution in [2.24, 2.45) is 0 Å². The van der Waals surface area contributed by atoms with Gasteiger partial charge in [0.1, 0.15) is 12.4 Å². The second kappa shape index (κ2) is 7.51. The van der Waals surface area contributed by atoms with E-state index in [9.17, 15) is 18.0 Å². The molecule has 0 heterocycles. The number of carbonyl (C=O) groups is 1. The van der Waals surface area contributed by atoms with E-state index in [2.05, 4.69) is 5.32 Å². The molecule has 1 N–H and O–H groups in total. The molecule has 1 amide bonds. The standard InChI is InChI=1S/C17H13F3N2O2/c18-17(19,20)14-5-7-15(8-6-14)24-10-9-22-16(23)13-3-1-12(11-21)2-4-13/h1-8H,9-10H2,(H,22,23). The number of amides is 1. The first-order valence-electron chi connectivity index (χ1n) is 6.98. The summed E-state index contributed by atoms with van der Waals surface area (Å²) in [6.45, 7) is 0.313. The van der Waals surface area contributed by atoms with Gasteiger partial charge in [0.15, 0.2) is 0 Å². The van der Waals surface area contributed by atoms with Crippen molar-refractivity contribution in [3.05, 3.63) is 65.2 Å². The van der Waals surface area contributed by atoms with Crippen LogP contribution in [0.4, 0.5) is 13.2 Å². The Kier molecular flexibility index (Phi) is 5.42. The van der Waals surface area contributed by atoms with Crippen LogP contribution < -0.4 is 10.1 Å². The van der Waals surface area contributed by atoms with Gasteiger partial charge in [-0.3, -0.25) is 4.79 Å². The number of nitrogens with zero attached hydrogens (tertiary/aromatic N) is 1. The molecule has 2 aromatic carbocycles. The minimum Gasteiger partial charge on any atom is -0.492 e. The molecule has 124 valence electrons. The zero-order valence-corrected chi connectivity index (χ0v) is 12.4. The van der Waals surface area contributed by atoms with Gasteiger partial charge in [0, 0.05) is 5.56 Å². The van der Waals surface area contributed by atoms with Crippen LogP contribution in [0.1, 0.15) is 21.5 Å². The second-order valence-electron chi connectivity index (χ2n) is 4.82. The molecule has 0 fully saturated rings. The number of halogens is 3. The highest BCUT2D eigenvalue weighted by Gasteiger charge is 2.29. The number of hydrogen-bond donors (Lipinski definition) is 1. The molecule has 0 unspecified atom stereocenters. The first-order chi connectivity index (χ1) is 11.4. The molecule has 2 rings (SSSR count). The lowest BCUT2D eigenvalue weighted by atomic mass is 10.1. The van der Waals surface area contributed by atoms with Crippen molar-refractivity contribution < 1.29 is 22.7 Å². The molecule has 0 saturated heterocycles. The van der Waals surface area contributed by atoms with Crippen molar-refractivity contribution in [2.75, 3.05) is 13.2 Å². The van der Waals surface area contributed by atoms with Gasteiger partial charge in [0.25, 0.3) is 5.91 Å². The van der Waals surface area contributed by atoms with E-state index in [4.69, 9.17) is 10.00 Å². The second-order valence-corrected chi connectivity index (χ2v) is 4.82. The number of rotatable bonds is 5. The summed E-state index contributed by atoms with van der Waals surface area (Å²) >= 11 is 0. The Morgan fingerprint density at radius 2 is 1.71 bits per heavy atom. The summed E-state index contributed by atoms with van der Waals surface area (Å²) in [7, 11) is 0. The number of hydrogen-bond acceptors (Lipinski definition) is 3. The maximum atomic E-state index is 12.4. The van der Waals surface area contributed by atoms with Crippen molar-refractivity contribution in [1.82, 2.24) is 5.32 Å². The molecule has 0 aromatic heterocycles. The smallest absolute Gasteiger partial charge is 0.416 e. The third-order valence-electron chi connectivity index (χ3n) is 3.11. The van der Waals surface area contributed by atoms with Gasteiger partial charge in [-0.1, -0.05) is 0 Å². The van der Waals surface area contributed by atoms with Crippen LogP contribution in [0.15, 0.2) is 48.5 Å². The van der Waals surface area contributed by atoms with Gasteiger partial charge >= 0.3 is 6.18 Å². The van der Waals surface area contributed by atoms with Crippen molar-refractivity contribution in [3.8, 4) is 11.8 Å². The zero-order valence-electron chi connectivity index (χ0n) is 12.4. The molecule has 0 atom stereocenters. The quantitative estimate of drug-likeness (QED) is 0.853. The summed E-state index contributed by atoms with van der Waals surface area (Å²) in [5.41, 5.74) is 0.115. The number of benzene rings is 2. The summed E-state index contributed by atoms with van der Waals surface area (Å²) in [6.07, 6.45) is -4.38. The predicted molar refractivity (Wildman–Crippen MR) is 80.4 cm³/mol. The molecule has 0 spiro atoms.